The Morgan fingerprint density at radius 1 is 1.47 bits per heavy atom. The first kappa shape index (κ1) is 12.0. The van der Waals surface area contributed by atoms with E-state index in [2.05, 4.69) is 6.07 Å². The van der Waals surface area contributed by atoms with Crippen molar-refractivity contribution < 1.29 is 9.63 Å². The molecule has 0 aromatic rings. The molecule has 1 heterocycles. The maximum absolute atomic E-state index is 11.4. The van der Waals surface area contributed by atoms with E-state index in [0.29, 0.717) is 12.8 Å². The van der Waals surface area contributed by atoms with Gasteiger partial charge in [-0.05, 0) is 26.2 Å². The third kappa shape index (κ3) is 4.80. The fourth-order valence-electron chi connectivity index (χ4n) is 1.54. The van der Waals surface area contributed by atoms with Crippen LogP contribution >= 0.6 is 0 Å². The molecule has 0 aromatic heterocycles. The maximum atomic E-state index is 11.4. The monoisotopic (exact) mass is 210 g/mol. The molecule has 4 heteroatoms. The zero-order valence-corrected chi connectivity index (χ0v) is 9.24. The van der Waals surface area contributed by atoms with E-state index >= 15 is 0 Å². The molecule has 1 rings (SSSR count). The van der Waals surface area contributed by atoms with E-state index in [0.717, 1.165) is 25.9 Å². The summed E-state index contributed by atoms with van der Waals surface area (Å²) in [6, 6.07) is 2.10. The van der Waals surface area contributed by atoms with Gasteiger partial charge in [-0.3, -0.25) is 4.79 Å². The molecule has 0 spiro atoms. The molecule has 4 nitrogen and oxygen atoms in total. The number of piperidine rings is 1. The first-order chi connectivity index (χ1) is 7.22. The van der Waals surface area contributed by atoms with E-state index in [1.54, 1.807) is 5.06 Å². The summed E-state index contributed by atoms with van der Waals surface area (Å²) in [5.74, 6) is -0.280. The zero-order chi connectivity index (χ0) is 11.1. The van der Waals surface area contributed by atoms with Gasteiger partial charge in [0.05, 0.1) is 6.07 Å². The van der Waals surface area contributed by atoms with Crippen molar-refractivity contribution in [2.24, 2.45) is 5.92 Å². The van der Waals surface area contributed by atoms with E-state index in [4.69, 9.17) is 10.1 Å². The van der Waals surface area contributed by atoms with Gasteiger partial charge in [-0.1, -0.05) is 6.42 Å². The summed E-state index contributed by atoms with van der Waals surface area (Å²) < 4.78 is 0. The van der Waals surface area contributed by atoms with Crippen LogP contribution in [0, 0.1) is 17.2 Å². The average Bonchev–Trinajstić information content (AvgIpc) is 2.27. The molecular weight excluding hydrogens is 192 g/mol. The molecule has 0 aliphatic carbocycles. The number of carbonyl (C=O) groups is 1. The quantitative estimate of drug-likeness (QED) is 0.710. The van der Waals surface area contributed by atoms with E-state index in [-0.39, 0.29) is 11.9 Å². The van der Waals surface area contributed by atoms with Gasteiger partial charge in [0.25, 0.3) is 0 Å². The van der Waals surface area contributed by atoms with Crippen molar-refractivity contribution in [2.45, 2.75) is 39.0 Å². The van der Waals surface area contributed by atoms with Crippen molar-refractivity contribution in [1.29, 1.82) is 5.26 Å². The van der Waals surface area contributed by atoms with Crippen LogP contribution in [0.3, 0.4) is 0 Å². The van der Waals surface area contributed by atoms with Gasteiger partial charge >= 0.3 is 5.97 Å². The molecule has 1 aliphatic heterocycles. The summed E-state index contributed by atoms with van der Waals surface area (Å²) in [6.07, 6.45) is 4.34. The standard InChI is InChI=1S/C11H18N2O2/c1-10(9-12)5-6-11(14)15-13-7-3-2-4-8-13/h10H,2-8H2,1H3. The SMILES string of the molecule is CC(C#N)CCC(=O)ON1CCCCC1. The lowest BCUT2D eigenvalue weighted by molar-refractivity contribution is -0.194. The second-order valence-corrected chi connectivity index (χ2v) is 4.02. The highest BCUT2D eigenvalue weighted by atomic mass is 16.7. The maximum Gasteiger partial charge on any atom is 0.325 e. The second-order valence-electron chi connectivity index (χ2n) is 4.02. The van der Waals surface area contributed by atoms with Gasteiger partial charge in [-0.2, -0.15) is 5.26 Å². The van der Waals surface area contributed by atoms with Crippen LogP contribution in [0.1, 0.15) is 39.0 Å². The van der Waals surface area contributed by atoms with Crippen molar-refractivity contribution in [1.82, 2.24) is 5.06 Å². The smallest absolute Gasteiger partial charge is 0.325 e. The van der Waals surface area contributed by atoms with E-state index in [1.165, 1.54) is 6.42 Å². The second kappa shape index (κ2) is 6.41. The predicted molar refractivity (Wildman–Crippen MR) is 55.5 cm³/mol. The molecule has 0 aromatic carbocycles. The normalized spacial score (nSPS) is 19.2. The van der Waals surface area contributed by atoms with Crippen LogP contribution in [0.15, 0.2) is 0 Å². The highest BCUT2D eigenvalue weighted by Gasteiger charge is 2.15. The number of hydrogen-bond donors (Lipinski definition) is 0. The van der Waals surface area contributed by atoms with Gasteiger partial charge in [0.1, 0.15) is 0 Å². The summed E-state index contributed by atoms with van der Waals surface area (Å²) in [5, 5.41) is 10.3. The lowest BCUT2D eigenvalue weighted by Crippen LogP contribution is -2.32. The molecule has 0 radical (unpaired) electrons. The fraction of sp³-hybridized carbons (Fsp3) is 0.818. The number of carbonyl (C=O) groups excluding carboxylic acids is 1. The van der Waals surface area contributed by atoms with Crippen LogP contribution in [-0.2, 0) is 9.63 Å². The number of hydroxylamine groups is 2. The third-order valence-electron chi connectivity index (χ3n) is 2.55. The minimum atomic E-state index is -0.209. The summed E-state index contributed by atoms with van der Waals surface area (Å²) in [5.41, 5.74) is 0. The topological polar surface area (TPSA) is 53.3 Å². The molecule has 84 valence electrons. The van der Waals surface area contributed by atoms with Gasteiger partial charge in [-0.25, -0.2) is 0 Å². The Balaban J connectivity index is 2.15. The number of rotatable bonds is 4. The van der Waals surface area contributed by atoms with Crippen molar-refractivity contribution in [3.8, 4) is 6.07 Å². The van der Waals surface area contributed by atoms with Gasteiger partial charge in [0.2, 0.25) is 0 Å². The van der Waals surface area contributed by atoms with E-state index in [1.807, 2.05) is 6.92 Å². The van der Waals surface area contributed by atoms with Crippen LogP contribution < -0.4 is 0 Å². The van der Waals surface area contributed by atoms with Crippen molar-refractivity contribution in [3.63, 3.8) is 0 Å². The third-order valence-corrected chi connectivity index (χ3v) is 2.55. The first-order valence-corrected chi connectivity index (χ1v) is 5.57. The summed E-state index contributed by atoms with van der Waals surface area (Å²) >= 11 is 0. The van der Waals surface area contributed by atoms with Gasteiger partial charge in [0.15, 0.2) is 0 Å². The minimum Gasteiger partial charge on any atom is -0.368 e. The van der Waals surface area contributed by atoms with Crippen LogP contribution in [0.4, 0.5) is 0 Å². The highest BCUT2D eigenvalue weighted by Crippen LogP contribution is 2.11. The minimum absolute atomic E-state index is 0.0705. The molecule has 1 unspecified atom stereocenters. The van der Waals surface area contributed by atoms with Crippen LogP contribution in [0.5, 0.6) is 0 Å². The summed E-state index contributed by atoms with van der Waals surface area (Å²) in [4.78, 5) is 16.5. The number of hydrogen-bond acceptors (Lipinski definition) is 4. The van der Waals surface area contributed by atoms with E-state index < -0.39 is 0 Å². The van der Waals surface area contributed by atoms with Crippen molar-refractivity contribution >= 4 is 5.97 Å². The summed E-state index contributed by atoms with van der Waals surface area (Å²) in [6.45, 7) is 3.51. The number of nitrogens with zero attached hydrogens (tertiary/aromatic N) is 2. The predicted octanol–water partition coefficient (Wildman–Crippen LogP) is 1.87. The van der Waals surface area contributed by atoms with Crippen LogP contribution in [0.25, 0.3) is 0 Å². The lowest BCUT2D eigenvalue weighted by atomic mass is 10.1. The Morgan fingerprint density at radius 2 is 2.13 bits per heavy atom. The van der Waals surface area contributed by atoms with Crippen molar-refractivity contribution in [2.75, 3.05) is 13.1 Å². The molecule has 0 N–H and O–H groups in total. The van der Waals surface area contributed by atoms with Gasteiger partial charge in [-0.15, -0.1) is 5.06 Å². The first-order valence-electron chi connectivity index (χ1n) is 5.57. The molecule has 0 saturated carbocycles. The Hall–Kier alpha value is -1.08. The summed E-state index contributed by atoms with van der Waals surface area (Å²) in [7, 11) is 0. The molecule has 1 atom stereocenters. The Kier molecular flexibility index (Phi) is 5.13. The van der Waals surface area contributed by atoms with Gasteiger partial charge < -0.3 is 4.84 Å². The molecule has 1 aliphatic rings. The molecule has 0 bridgehead atoms. The largest absolute Gasteiger partial charge is 0.368 e. The van der Waals surface area contributed by atoms with Crippen molar-refractivity contribution in [3.05, 3.63) is 0 Å². The van der Waals surface area contributed by atoms with Gasteiger partial charge in [0, 0.05) is 25.4 Å². The fourth-order valence-corrected chi connectivity index (χ4v) is 1.54. The molecular formula is C11H18N2O2. The lowest BCUT2D eigenvalue weighted by Gasteiger charge is -2.24. The number of nitriles is 1. The molecule has 1 saturated heterocycles. The van der Waals surface area contributed by atoms with Crippen LogP contribution in [-0.4, -0.2) is 24.1 Å². The van der Waals surface area contributed by atoms with Crippen LogP contribution in [0.2, 0.25) is 0 Å². The Bertz CT molecular complexity index is 241. The molecule has 15 heavy (non-hydrogen) atoms. The Labute approximate surface area is 90.8 Å². The molecule has 0 amide bonds. The molecule has 1 fully saturated rings. The zero-order valence-electron chi connectivity index (χ0n) is 9.24. The highest BCUT2D eigenvalue weighted by molar-refractivity contribution is 5.69. The average molecular weight is 210 g/mol. The van der Waals surface area contributed by atoms with E-state index in [9.17, 15) is 4.79 Å². The Morgan fingerprint density at radius 3 is 2.73 bits per heavy atom.